The highest BCUT2D eigenvalue weighted by Gasteiger charge is 2.33. The predicted molar refractivity (Wildman–Crippen MR) is 161 cm³/mol. The first-order valence-corrected chi connectivity index (χ1v) is 15.5. The van der Waals surface area contributed by atoms with E-state index in [-0.39, 0.29) is 18.9 Å². The lowest BCUT2D eigenvalue weighted by Gasteiger charge is -2.33. The van der Waals surface area contributed by atoms with E-state index in [1.165, 1.54) is 4.90 Å². The first kappa shape index (κ1) is 29.9. The van der Waals surface area contributed by atoms with Crippen molar-refractivity contribution >= 4 is 61.7 Å². The fraction of sp³-hybridized carbons (Fsp3) is 0.286. The van der Waals surface area contributed by atoms with Crippen molar-refractivity contribution in [3.05, 3.63) is 98.6 Å². The molecule has 3 aromatic rings. The molecule has 7 nitrogen and oxygen atoms in total. The number of nitrogens with zero attached hydrogens (tertiary/aromatic N) is 2. The Bertz CT molecular complexity index is 1340. The molecule has 3 aromatic carbocycles. The lowest BCUT2D eigenvalue weighted by Crippen LogP contribution is -2.53. The molecular weight excluding hydrogens is 637 g/mol. The summed E-state index contributed by atoms with van der Waals surface area (Å²) >= 11 is 8.57. The number of rotatable bonds is 12. The van der Waals surface area contributed by atoms with Crippen molar-refractivity contribution in [2.45, 2.75) is 32.4 Å². The lowest BCUT2D eigenvalue weighted by molar-refractivity contribution is -0.140. The Labute approximate surface area is 243 Å². The summed E-state index contributed by atoms with van der Waals surface area (Å²) in [5, 5.41) is 3.37. The Morgan fingerprint density at radius 2 is 1.61 bits per heavy atom. The van der Waals surface area contributed by atoms with E-state index in [2.05, 4.69) is 27.9 Å². The zero-order valence-corrected chi connectivity index (χ0v) is 25.0. The minimum Gasteiger partial charge on any atom is -0.354 e. The van der Waals surface area contributed by atoms with Crippen LogP contribution in [0.5, 0.6) is 0 Å². The molecule has 1 N–H and O–H groups in total. The van der Waals surface area contributed by atoms with Crippen molar-refractivity contribution in [3.8, 4) is 0 Å². The second-order valence-electron chi connectivity index (χ2n) is 8.86. The summed E-state index contributed by atoms with van der Waals surface area (Å²) in [7, 11) is -3.80. The topological polar surface area (TPSA) is 86.8 Å². The predicted octanol–water partition coefficient (Wildman–Crippen LogP) is 4.88. The molecule has 10 heteroatoms. The molecule has 0 aliphatic heterocycles. The fourth-order valence-electron chi connectivity index (χ4n) is 3.95. The summed E-state index contributed by atoms with van der Waals surface area (Å²) in [6, 6.07) is 22.5. The maximum Gasteiger partial charge on any atom is 0.244 e. The number of nitrogens with one attached hydrogen (secondary N) is 1. The Morgan fingerprint density at radius 3 is 2.21 bits per heavy atom. The average Bonchev–Trinajstić information content (AvgIpc) is 2.89. The lowest BCUT2D eigenvalue weighted by atomic mass is 10.0. The van der Waals surface area contributed by atoms with Crippen LogP contribution in [-0.4, -0.2) is 50.5 Å². The van der Waals surface area contributed by atoms with Crippen molar-refractivity contribution in [2.75, 3.05) is 23.7 Å². The van der Waals surface area contributed by atoms with Gasteiger partial charge in [0.2, 0.25) is 21.8 Å². The third kappa shape index (κ3) is 8.44. The monoisotopic (exact) mass is 667 g/mol. The van der Waals surface area contributed by atoms with E-state index in [1.807, 2.05) is 43.3 Å². The summed E-state index contributed by atoms with van der Waals surface area (Å²) in [5.74, 6) is -0.822. The average molecular weight is 668 g/mol. The molecule has 0 aliphatic carbocycles. The molecule has 0 aliphatic rings. The molecule has 3 rings (SSSR count). The molecule has 0 saturated heterocycles. The van der Waals surface area contributed by atoms with Gasteiger partial charge in [0.25, 0.3) is 0 Å². The van der Waals surface area contributed by atoms with Crippen molar-refractivity contribution in [3.63, 3.8) is 0 Å². The van der Waals surface area contributed by atoms with Gasteiger partial charge in [0.15, 0.2) is 0 Å². The number of sulfonamides is 1. The quantitative estimate of drug-likeness (QED) is 0.279. The van der Waals surface area contributed by atoms with Gasteiger partial charge in [0, 0.05) is 28.1 Å². The molecule has 0 heterocycles. The number of anilines is 1. The third-order valence-electron chi connectivity index (χ3n) is 5.91. The maximum absolute atomic E-state index is 14.0. The second kappa shape index (κ2) is 14.0. The number of hydrogen-bond acceptors (Lipinski definition) is 4. The first-order chi connectivity index (χ1) is 18.1. The minimum atomic E-state index is -3.80. The SMILES string of the molecule is CCCNC(=O)C(Cc1ccccc1)N(Cc1ccccc1Cl)C(=O)CN(c1ccc(I)cc1)S(C)(=O)=O. The molecule has 0 fully saturated rings. The third-order valence-corrected chi connectivity index (χ3v) is 8.14. The van der Waals surface area contributed by atoms with Gasteiger partial charge in [0.1, 0.15) is 12.6 Å². The van der Waals surface area contributed by atoms with Crippen LogP contribution in [0.2, 0.25) is 5.02 Å². The van der Waals surface area contributed by atoms with Crippen LogP contribution < -0.4 is 9.62 Å². The van der Waals surface area contributed by atoms with E-state index < -0.39 is 28.5 Å². The number of benzene rings is 3. The van der Waals surface area contributed by atoms with Crippen LogP contribution in [0.25, 0.3) is 0 Å². The van der Waals surface area contributed by atoms with Crippen molar-refractivity contribution in [1.29, 1.82) is 0 Å². The van der Waals surface area contributed by atoms with Crippen LogP contribution in [-0.2, 0) is 32.6 Å². The van der Waals surface area contributed by atoms with E-state index in [1.54, 1.807) is 42.5 Å². The molecule has 0 saturated carbocycles. The number of carbonyl (C=O) groups is 2. The van der Waals surface area contributed by atoms with E-state index in [0.717, 1.165) is 26.1 Å². The minimum absolute atomic E-state index is 0.0415. The number of carbonyl (C=O) groups excluding carboxylic acids is 2. The molecule has 38 heavy (non-hydrogen) atoms. The summed E-state index contributed by atoms with van der Waals surface area (Å²) in [5.41, 5.74) is 1.90. The molecule has 202 valence electrons. The second-order valence-corrected chi connectivity index (χ2v) is 12.4. The molecule has 0 spiro atoms. The van der Waals surface area contributed by atoms with Crippen LogP contribution in [0.4, 0.5) is 5.69 Å². The Morgan fingerprint density at radius 1 is 0.974 bits per heavy atom. The molecule has 0 radical (unpaired) electrons. The van der Waals surface area contributed by atoms with Crippen LogP contribution in [0.1, 0.15) is 24.5 Å². The van der Waals surface area contributed by atoms with Gasteiger partial charge in [-0.3, -0.25) is 13.9 Å². The van der Waals surface area contributed by atoms with Crippen molar-refractivity contribution in [1.82, 2.24) is 10.2 Å². The summed E-state index contributed by atoms with van der Waals surface area (Å²) < 4.78 is 27.5. The number of halogens is 2. The van der Waals surface area contributed by atoms with E-state index in [0.29, 0.717) is 22.8 Å². The van der Waals surface area contributed by atoms with Gasteiger partial charge in [-0.05, 0) is 70.5 Å². The maximum atomic E-state index is 14.0. The molecule has 0 bridgehead atoms. The zero-order chi connectivity index (χ0) is 27.7. The van der Waals surface area contributed by atoms with E-state index in [4.69, 9.17) is 11.6 Å². The summed E-state index contributed by atoms with van der Waals surface area (Å²) in [6.07, 6.45) is 2.05. The van der Waals surface area contributed by atoms with Gasteiger partial charge < -0.3 is 10.2 Å². The number of amides is 2. The standard InChI is InChI=1S/C28H31ClIN3O4S/c1-3-17-31-28(35)26(18-21-9-5-4-6-10-21)32(19-22-11-7-8-12-25(22)29)27(34)20-33(38(2,36)37)24-15-13-23(30)14-16-24/h4-16,26H,3,17-20H2,1-2H3,(H,31,35). The van der Waals surface area contributed by atoms with Gasteiger partial charge in [0.05, 0.1) is 11.9 Å². The fourth-order valence-corrected chi connectivity index (χ4v) is 5.36. The molecular formula is C28H31ClIN3O4S. The van der Waals surface area contributed by atoms with Gasteiger partial charge in [-0.1, -0.05) is 67.1 Å². The first-order valence-electron chi connectivity index (χ1n) is 12.2. The normalized spacial score (nSPS) is 12.0. The summed E-state index contributed by atoms with van der Waals surface area (Å²) in [6.45, 7) is 1.98. The largest absolute Gasteiger partial charge is 0.354 e. The summed E-state index contributed by atoms with van der Waals surface area (Å²) in [4.78, 5) is 28.8. The molecule has 1 atom stereocenters. The highest BCUT2D eigenvalue weighted by molar-refractivity contribution is 14.1. The van der Waals surface area contributed by atoms with Gasteiger partial charge in [-0.2, -0.15) is 0 Å². The Hall–Kier alpha value is -2.63. The van der Waals surface area contributed by atoms with Gasteiger partial charge >= 0.3 is 0 Å². The Kier molecular flexibility index (Phi) is 11.0. The van der Waals surface area contributed by atoms with Crippen LogP contribution in [0.3, 0.4) is 0 Å². The highest BCUT2D eigenvalue weighted by atomic mass is 127. The van der Waals surface area contributed by atoms with Crippen molar-refractivity contribution < 1.29 is 18.0 Å². The molecule has 0 aromatic heterocycles. The Balaban J connectivity index is 2.04. The van der Waals surface area contributed by atoms with Crippen LogP contribution >= 0.6 is 34.2 Å². The van der Waals surface area contributed by atoms with E-state index in [9.17, 15) is 18.0 Å². The number of hydrogen-bond donors (Lipinski definition) is 1. The smallest absolute Gasteiger partial charge is 0.244 e. The van der Waals surface area contributed by atoms with Crippen molar-refractivity contribution in [2.24, 2.45) is 0 Å². The van der Waals surface area contributed by atoms with Crippen LogP contribution in [0, 0.1) is 3.57 Å². The van der Waals surface area contributed by atoms with Gasteiger partial charge in [-0.15, -0.1) is 0 Å². The van der Waals surface area contributed by atoms with Gasteiger partial charge in [-0.25, -0.2) is 8.42 Å². The van der Waals surface area contributed by atoms with Crippen LogP contribution in [0.15, 0.2) is 78.9 Å². The zero-order valence-electron chi connectivity index (χ0n) is 21.3. The van der Waals surface area contributed by atoms with E-state index >= 15 is 0 Å². The molecule has 1 unspecified atom stereocenters. The molecule has 2 amide bonds. The highest BCUT2D eigenvalue weighted by Crippen LogP contribution is 2.23.